The summed E-state index contributed by atoms with van der Waals surface area (Å²) < 4.78 is 5.86. The summed E-state index contributed by atoms with van der Waals surface area (Å²) in [5.41, 5.74) is -0.106. The molecule has 0 saturated heterocycles. The van der Waals surface area contributed by atoms with Gasteiger partial charge in [-0.3, -0.25) is 0 Å². The number of alkyl halides is 1. The summed E-state index contributed by atoms with van der Waals surface area (Å²) in [4.78, 5) is 0. The smallest absolute Gasteiger partial charge is 0.194 e. The van der Waals surface area contributed by atoms with Gasteiger partial charge in [-0.1, -0.05) is 39.3 Å². The average Bonchev–Trinajstić information content (AvgIpc) is 1.84. The predicted octanol–water partition coefficient (Wildman–Crippen LogP) is 3.98. The lowest BCUT2D eigenvalue weighted by Gasteiger charge is -2.37. The minimum absolute atomic E-state index is 0.106. The van der Waals surface area contributed by atoms with Crippen molar-refractivity contribution in [3.05, 3.63) is 0 Å². The van der Waals surface area contributed by atoms with E-state index in [1.54, 1.807) is 0 Å². The van der Waals surface area contributed by atoms with Crippen LogP contribution in [0.2, 0.25) is 18.1 Å². The summed E-state index contributed by atoms with van der Waals surface area (Å²) in [7, 11) is -1.62. The van der Waals surface area contributed by atoms with E-state index >= 15 is 0 Å². The summed E-state index contributed by atoms with van der Waals surface area (Å²) in [5, 5.41) is 0.259. The molecule has 0 aliphatic rings. The predicted molar refractivity (Wildman–Crippen MR) is 58.2 cm³/mol. The maximum Gasteiger partial charge on any atom is 0.194 e. The summed E-state index contributed by atoms with van der Waals surface area (Å²) >= 11 is 5.97. The van der Waals surface area contributed by atoms with Gasteiger partial charge in [0.25, 0.3) is 0 Å². The molecule has 1 atom stereocenters. The highest BCUT2D eigenvalue weighted by Gasteiger charge is 2.38. The van der Waals surface area contributed by atoms with Crippen LogP contribution in [-0.2, 0) is 4.43 Å². The Morgan fingerprint density at radius 3 is 2.00 bits per heavy atom. The summed E-state index contributed by atoms with van der Waals surface area (Å²) in [6.07, 6.45) is 0.883. The van der Waals surface area contributed by atoms with Gasteiger partial charge in [0.05, 0.1) is 0 Å². The van der Waals surface area contributed by atoms with E-state index in [4.69, 9.17) is 16.0 Å². The van der Waals surface area contributed by atoms with Gasteiger partial charge in [0.1, 0.15) is 5.56 Å². The first-order chi connectivity index (χ1) is 5.20. The lowest BCUT2D eigenvalue weighted by Crippen LogP contribution is -2.42. The quantitative estimate of drug-likeness (QED) is 0.504. The van der Waals surface area contributed by atoms with Crippen molar-refractivity contribution in [2.45, 2.75) is 57.8 Å². The number of rotatable bonds is 3. The second kappa shape index (κ2) is 4.12. The van der Waals surface area contributed by atoms with E-state index in [9.17, 15) is 0 Å². The second-order valence-corrected chi connectivity index (χ2v) is 9.94. The van der Waals surface area contributed by atoms with Crippen molar-refractivity contribution < 1.29 is 4.43 Å². The molecular formula is C9H21ClOSi. The van der Waals surface area contributed by atoms with Crippen LogP contribution in [0.15, 0.2) is 0 Å². The SMILES string of the molecule is CCC(Cl)O[Si](C)(C)C(C)(C)C. The lowest BCUT2D eigenvalue weighted by molar-refractivity contribution is 0.250. The van der Waals surface area contributed by atoms with Crippen molar-refractivity contribution in [3.63, 3.8) is 0 Å². The first-order valence-electron chi connectivity index (χ1n) is 4.52. The Kier molecular flexibility index (Phi) is 4.28. The lowest BCUT2D eigenvalue weighted by atomic mass is 10.2. The molecule has 0 amide bonds. The van der Waals surface area contributed by atoms with E-state index < -0.39 is 8.32 Å². The Bertz CT molecular complexity index is 140. The van der Waals surface area contributed by atoms with Gasteiger partial charge in [-0.2, -0.15) is 0 Å². The molecule has 1 unspecified atom stereocenters. The molecule has 0 aromatic heterocycles. The average molecular weight is 209 g/mol. The largest absolute Gasteiger partial charge is 0.401 e. The van der Waals surface area contributed by atoms with Crippen molar-refractivity contribution in [3.8, 4) is 0 Å². The molecule has 0 radical (unpaired) electrons. The Morgan fingerprint density at radius 2 is 1.75 bits per heavy atom. The summed E-state index contributed by atoms with van der Waals surface area (Å²) in [5.74, 6) is 0. The van der Waals surface area contributed by atoms with E-state index in [1.165, 1.54) is 0 Å². The topological polar surface area (TPSA) is 9.23 Å². The molecule has 1 nitrogen and oxygen atoms in total. The minimum atomic E-state index is -1.62. The van der Waals surface area contributed by atoms with E-state index in [-0.39, 0.29) is 10.6 Å². The fraction of sp³-hybridized carbons (Fsp3) is 1.00. The highest BCUT2D eigenvalue weighted by atomic mass is 35.5. The number of halogens is 1. The Hall–Kier alpha value is 0.467. The Morgan fingerprint density at radius 1 is 1.33 bits per heavy atom. The monoisotopic (exact) mass is 208 g/mol. The molecule has 12 heavy (non-hydrogen) atoms. The molecular weight excluding hydrogens is 188 g/mol. The van der Waals surface area contributed by atoms with Crippen LogP contribution in [0.3, 0.4) is 0 Å². The van der Waals surface area contributed by atoms with Crippen molar-refractivity contribution in [2.75, 3.05) is 0 Å². The molecule has 0 bridgehead atoms. The van der Waals surface area contributed by atoms with Crippen LogP contribution < -0.4 is 0 Å². The van der Waals surface area contributed by atoms with E-state index in [2.05, 4.69) is 33.9 Å². The van der Waals surface area contributed by atoms with Crippen LogP contribution in [-0.4, -0.2) is 13.9 Å². The van der Waals surface area contributed by atoms with Gasteiger partial charge in [0, 0.05) is 0 Å². The third-order valence-electron chi connectivity index (χ3n) is 2.55. The van der Waals surface area contributed by atoms with Gasteiger partial charge in [-0.05, 0) is 24.6 Å². The zero-order valence-electron chi connectivity index (χ0n) is 9.07. The van der Waals surface area contributed by atoms with Crippen molar-refractivity contribution in [1.82, 2.24) is 0 Å². The molecule has 0 spiro atoms. The fourth-order valence-corrected chi connectivity index (χ4v) is 2.41. The zero-order valence-corrected chi connectivity index (χ0v) is 10.8. The van der Waals surface area contributed by atoms with Crippen LogP contribution in [0, 0.1) is 0 Å². The Balaban J connectivity index is 4.22. The molecule has 0 aromatic carbocycles. The molecule has 3 heteroatoms. The molecule has 0 fully saturated rings. The van der Waals surface area contributed by atoms with Gasteiger partial charge < -0.3 is 4.43 Å². The van der Waals surface area contributed by atoms with Gasteiger partial charge in [0.2, 0.25) is 0 Å². The molecule has 0 aliphatic carbocycles. The van der Waals surface area contributed by atoms with Crippen molar-refractivity contribution in [1.29, 1.82) is 0 Å². The maximum absolute atomic E-state index is 5.97. The molecule has 0 rings (SSSR count). The second-order valence-electron chi connectivity index (χ2n) is 4.70. The van der Waals surface area contributed by atoms with E-state index in [0.29, 0.717) is 0 Å². The van der Waals surface area contributed by atoms with Crippen LogP contribution >= 0.6 is 11.6 Å². The molecule has 0 aromatic rings. The Labute approximate surface area is 82.6 Å². The van der Waals surface area contributed by atoms with Crippen LogP contribution in [0.5, 0.6) is 0 Å². The van der Waals surface area contributed by atoms with Crippen LogP contribution in [0.1, 0.15) is 34.1 Å². The van der Waals surface area contributed by atoms with Gasteiger partial charge in [-0.25, -0.2) is 0 Å². The van der Waals surface area contributed by atoms with Crippen molar-refractivity contribution >= 4 is 19.9 Å². The fourth-order valence-electron chi connectivity index (χ4n) is 0.580. The molecule has 0 N–H and O–H groups in total. The highest BCUT2D eigenvalue weighted by molar-refractivity contribution is 6.74. The summed E-state index contributed by atoms with van der Waals surface area (Å²) in [6, 6.07) is 0. The minimum Gasteiger partial charge on any atom is -0.401 e. The van der Waals surface area contributed by atoms with Gasteiger partial charge >= 0.3 is 0 Å². The standard InChI is InChI=1S/C9H21ClOSi/c1-7-8(10)11-12(5,6)9(2,3)4/h8H,7H2,1-6H3. The normalized spacial score (nSPS) is 16.2. The first kappa shape index (κ1) is 12.5. The number of hydrogen-bond acceptors (Lipinski definition) is 1. The maximum atomic E-state index is 5.97. The third-order valence-corrected chi connectivity index (χ3v) is 7.58. The zero-order chi connectivity index (χ0) is 9.99. The molecule has 74 valence electrons. The first-order valence-corrected chi connectivity index (χ1v) is 7.87. The van der Waals surface area contributed by atoms with Crippen LogP contribution in [0.25, 0.3) is 0 Å². The van der Waals surface area contributed by atoms with E-state index in [1.807, 2.05) is 6.92 Å². The van der Waals surface area contributed by atoms with Gasteiger partial charge in [-0.15, -0.1) is 0 Å². The molecule has 0 aliphatic heterocycles. The highest BCUT2D eigenvalue weighted by Crippen LogP contribution is 2.37. The molecule has 0 heterocycles. The van der Waals surface area contributed by atoms with Crippen LogP contribution in [0.4, 0.5) is 0 Å². The van der Waals surface area contributed by atoms with E-state index in [0.717, 1.165) is 6.42 Å². The van der Waals surface area contributed by atoms with Gasteiger partial charge in [0.15, 0.2) is 8.32 Å². The number of hydrogen-bond donors (Lipinski definition) is 0. The third kappa shape index (κ3) is 3.46. The van der Waals surface area contributed by atoms with Crippen molar-refractivity contribution in [2.24, 2.45) is 0 Å². The molecule has 0 saturated carbocycles. The summed E-state index contributed by atoms with van der Waals surface area (Å²) in [6.45, 7) is 13.1.